The first kappa shape index (κ1) is 13.2. The van der Waals surface area contributed by atoms with Gasteiger partial charge < -0.3 is 15.2 Å². The number of nitrogens with one attached hydrogen (secondary N) is 2. The molecule has 2 N–H and O–H groups in total. The molecule has 102 valence electrons. The van der Waals surface area contributed by atoms with Gasteiger partial charge in [-0.3, -0.25) is 0 Å². The second-order valence-electron chi connectivity index (χ2n) is 5.53. The summed E-state index contributed by atoms with van der Waals surface area (Å²) < 4.78 is 1.13. The van der Waals surface area contributed by atoms with Crippen molar-refractivity contribution in [1.82, 2.24) is 15.2 Å². The predicted octanol–water partition coefficient (Wildman–Crippen LogP) is 2.68. The minimum Gasteiger partial charge on any atom is -0.349 e. The van der Waals surface area contributed by atoms with Crippen molar-refractivity contribution in [1.29, 1.82) is 0 Å². The summed E-state index contributed by atoms with van der Waals surface area (Å²) in [7, 11) is 2.20. The van der Waals surface area contributed by atoms with Gasteiger partial charge in [-0.05, 0) is 47.4 Å². The second-order valence-corrected chi connectivity index (χ2v) is 6.33. The highest BCUT2D eigenvalue weighted by Crippen LogP contribution is 2.29. The molecule has 1 atom stereocenters. The Bertz CT molecular complexity index is 590. The number of aromatic amines is 1. The van der Waals surface area contributed by atoms with Crippen LogP contribution in [0.2, 0.25) is 0 Å². The number of fused-ring (bicyclic) bond motifs is 1. The van der Waals surface area contributed by atoms with Crippen molar-refractivity contribution in [2.45, 2.75) is 19.4 Å². The molecule has 1 aliphatic rings. The molecule has 19 heavy (non-hydrogen) atoms. The quantitative estimate of drug-likeness (QED) is 0.891. The topological polar surface area (TPSA) is 31.1 Å². The molecule has 3 rings (SSSR count). The molecular formula is C15H20BrN3. The second kappa shape index (κ2) is 5.27. The van der Waals surface area contributed by atoms with Crippen molar-refractivity contribution >= 4 is 26.8 Å². The van der Waals surface area contributed by atoms with Crippen LogP contribution in [-0.4, -0.2) is 42.6 Å². The number of aromatic nitrogens is 1. The first-order chi connectivity index (χ1) is 9.15. The Labute approximate surface area is 122 Å². The number of benzene rings is 1. The molecule has 2 aromatic rings. The summed E-state index contributed by atoms with van der Waals surface area (Å²) in [6, 6.07) is 7.05. The molecule has 1 aliphatic heterocycles. The van der Waals surface area contributed by atoms with Gasteiger partial charge in [0.1, 0.15) is 0 Å². The van der Waals surface area contributed by atoms with E-state index in [0.29, 0.717) is 6.04 Å². The Hall–Kier alpha value is -0.840. The molecule has 1 aromatic carbocycles. The van der Waals surface area contributed by atoms with Crippen LogP contribution in [0.25, 0.3) is 10.9 Å². The number of nitrogens with zero attached hydrogens (tertiary/aromatic N) is 1. The zero-order chi connectivity index (χ0) is 13.4. The van der Waals surface area contributed by atoms with Gasteiger partial charge in [0, 0.05) is 36.6 Å². The van der Waals surface area contributed by atoms with E-state index < -0.39 is 0 Å². The molecule has 0 bridgehead atoms. The number of hydrogen-bond acceptors (Lipinski definition) is 2. The Kier molecular flexibility index (Phi) is 3.65. The molecule has 2 heterocycles. The van der Waals surface area contributed by atoms with Crippen LogP contribution in [0.4, 0.5) is 0 Å². The van der Waals surface area contributed by atoms with E-state index in [2.05, 4.69) is 63.3 Å². The van der Waals surface area contributed by atoms with Gasteiger partial charge in [0.05, 0.1) is 4.60 Å². The maximum Gasteiger partial charge on any atom is 0.0864 e. The lowest BCUT2D eigenvalue weighted by Crippen LogP contribution is -2.49. The van der Waals surface area contributed by atoms with Crippen LogP contribution in [0.1, 0.15) is 11.1 Å². The number of likely N-dealkylation sites (N-methyl/N-ethyl adjacent to an activating group) is 1. The largest absolute Gasteiger partial charge is 0.349 e. The highest BCUT2D eigenvalue weighted by molar-refractivity contribution is 9.10. The standard InChI is InChI=1S/C15H20BrN3/c1-10-4-3-5-12-13(15(16)18-14(10)12)8-11-9-19(2)7-6-17-11/h3-5,11,17-18H,6-9H2,1-2H3. The minimum absolute atomic E-state index is 0.537. The Morgan fingerprint density at radius 1 is 1.42 bits per heavy atom. The number of piperazine rings is 1. The number of aryl methyl sites for hydroxylation is 1. The van der Waals surface area contributed by atoms with Gasteiger partial charge in [0.25, 0.3) is 0 Å². The first-order valence-electron chi connectivity index (χ1n) is 6.82. The van der Waals surface area contributed by atoms with Crippen molar-refractivity contribution in [3.8, 4) is 0 Å². The van der Waals surface area contributed by atoms with Crippen molar-refractivity contribution in [3.05, 3.63) is 33.9 Å². The fourth-order valence-electron chi connectivity index (χ4n) is 2.96. The third-order valence-corrected chi connectivity index (χ3v) is 4.68. The van der Waals surface area contributed by atoms with Crippen molar-refractivity contribution in [3.63, 3.8) is 0 Å². The summed E-state index contributed by atoms with van der Waals surface area (Å²) in [4.78, 5) is 5.87. The molecule has 0 spiro atoms. The third-order valence-electron chi connectivity index (χ3n) is 4.01. The molecule has 1 aromatic heterocycles. The van der Waals surface area contributed by atoms with E-state index in [4.69, 9.17) is 0 Å². The number of halogens is 1. The monoisotopic (exact) mass is 321 g/mol. The molecule has 1 saturated heterocycles. The Balaban J connectivity index is 1.92. The van der Waals surface area contributed by atoms with Gasteiger partial charge in [0.15, 0.2) is 0 Å². The maximum atomic E-state index is 3.69. The van der Waals surface area contributed by atoms with Gasteiger partial charge in [-0.2, -0.15) is 0 Å². The molecule has 1 fully saturated rings. The lowest BCUT2D eigenvalue weighted by molar-refractivity contribution is 0.238. The molecule has 0 aliphatic carbocycles. The zero-order valence-corrected chi connectivity index (χ0v) is 13.0. The Morgan fingerprint density at radius 2 is 2.26 bits per heavy atom. The van der Waals surface area contributed by atoms with E-state index in [1.54, 1.807) is 0 Å². The van der Waals surface area contributed by atoms with E-state index in [9.17, 15) is 0 Å². The van der Waals surface area contributed by atoms with Crippen LogP contribution in [0, 0.1) is 6.92 Å². The van der Waals surface area contributed by atoms with Crippen LogP contribution in [0.5, 0.6) is 0 Å². The van der Waals surface area contributed by atoms with Crippen molar-refractivity contribution in [2.24, 2.45) is 0 Å². The van der Waals surface area contributed by atoms with Crippen LogP contribution in [0.3, 0.4) is 0 Å². The average molecular weight is 322 g/mol. The van der Waals surface area contributed by atoms with Crippen molar-refractivity contribution in [2.75, 3.05) is 26.7 Å². The molecule has 0 amide bonds. The molecular weight excluding hydrogens is 302 g/mol. The predicted molar refractivity (Wildman–Crippen MR) is 83.7 cm³/mol. The fraction of sp³-hybridized carbons (Fsp3) is 0.467. The normalized spacial score (nSPS) is 21.1. The maximum absolute atomic E-state index is 3.69. The van der Waals surface area contributed by atoms with E-state index in [0.717, 1.165) is 30.7 Å². The van der Waals surface area contributed by atoms with Crippen LogP contribution < -0.4 is 5.32 Å². The van der Waals surface area contributed by atoms with Gasteiger partial charge in [-0.25, -0.2) is 0 Å². The van der Waals surface area contributed by atoms with Gasteiger partial charge >= 0.3 is 0 Å². The highest BCUT2D eigenvalue weighted by atomic mass is 79.9. The van der Waals surface area contributed by atoms with E-state index in [1.165, 1.54) is 22.0 Å². The van der Waals surface area contributed by atoms with Crippen LogP contribution in [0.15, 0.2) is 22.8 Å². The third kappa shape index (κ3) is 2.57. The molecule has 3 nitrogen and oxygen atoms in total. The fourth-order valence-corrected chi connectivity index (χ4v) is 3.54. The van der Waals surface area contributed by atoms with E-state index in [1.807, 2.05) is 0 Å². The SMILES string of the molecule is Cc1cccc2c(CC3CN(C)CCN3)c(Br)[nH]c12. The summed E-state index contributed by atoms with van der Waals surface area (Å²) in [6.07, 6.45) is 1.06. The van der Waals surface area contributed by atoms with E-state index >= 15 is 0 Å². The summed E-state index contributed by atoms with van der Waals surface area (Å²) in [5.41, 5.74) is 3.96. The molecule has 1 unspecified atom stereocenters. The lowest BCUT2D eigenvalue weighted by Gasteiger charge is -2.31. The van der Waals surface area contributed by atoms with E-state index in [-0.39, 0.29) is 0 Å². The summed E-state index contributed by atoms with van der Waals surface area (Å²) in [5.74, 6) is 0. The van der Waals surface area contributed by atoms with Crippen molar-refractivity contribution < 1.29 is 0 Å². The average Bonchev–Trinajstić information content (AvgIpc) is 2.69. The lowest BCUT2D eigenvalue weighted by atomic mass is 10.0. The van der Waals surface area contributed by atoms with Gasteiger partial charge in [-0.1, -0.05) is 18.2 Å². The summed E-state index contributed by atoms with van der Waals surface area (Å²) in [5, 5.41) is 4.97. The molecule has 0 saturated carbocycles. The van der Waals surface area contributed by atoms with Crippen LogP contribution in [-0.2, 0) is 6.42 Å². The smallest absolute Gasteiger partial charge is 0.0864 e. The number of hydrogen-bond donors (Lipinski definition) is 2. The highest BCUT2D eigenvalue weighted by Gasteiger charge is 2.20. The zero-order valence-electron chi connectivity index (χ0n) is 11.5. The minimum atomic E-state index is 0.537. The number of H-pyrrole nitrogens is 1. The number of rotatable bonds is 2. The van der Waals surface area contributed by atoms with Gasteiger partial charge in [0.2, 0.25) is 0 Å². The molecule has 4 heteroatoms. The number of para-hydroxylation sites is 1. The van der Waals surface area contributed by atoms with Gasteiger partial charge in [-0.15, -0.1) is 0 Å². The summed E-state index contributed by atoms with van der Waals surface area (Å²) in [6.45, 7) is 5.50. The van der Waals surface area contributed by atoms with Crippen LogP contribution >= 0.6 is 15.9 Å². The summed E-state index contributed by atoms with van der Waals surface area (Å²) >= 11 is 3.69. The Morgan fingerprint density at radius 3 is 3.05 bits per heavy atom. The molecule has 0 radical (unpaired) electrons. The first-order valence-corrected chi connectivity index (χ1v) is 7.62.